The van der Waals surface area contributed by atoms with Gasteiger partial charge in [0.25, 0.3) is 0 Å². The van der Waals surface area contributed by atoms with E-state index in [1.165, 1.54) is 0 Å². The molecule has 0 amide bonds. The highest BCUT2D eigenvalue weighted by atomic mass is 16.8. The van der Waals surface area contributed by atoms with Gasteiger partial charge in [-0.05, 0) is 38.0 Å². The fraction of sp³-hybridized carbons (Fsp3) is 1.00. The molecule has 4 aliphatic heterocycles. The van der Waals surface area contributed by atoms with Crippen molar-refractivity contribution in [1.29, 1.82) is 0 Å². The average Bonchev–Trinajstić information content (AvgIpc) is 3.15. The Labute approximate surface area is 305 Å². The first-order valence-electron chi connectivity index (χ1n) is 18.5. The Bertz CT molecular complexity index is 1140. The van der Waals surface area contributed by atoms with Gasteiger partial charge in [-0.15, -0.1) is 0 Å². The molecule has 21 unspecified atom stereocenters. The van der Waals surface area contributed by atoms with Crippen molar-refractivity contribution in [2.24, 2.45) is 11.8 Å². The summed E-state index contributed by atoms with van der Waals surface area (Å²) < 4.78 is 41.9. The molecule has 0 aromatic heterocycles. The molecule has 4 heterocycles. The fourth-order valence-corrected chi connectivity index (χ4v) is 8.66. The van der Waals surface area contributed by atoms with E-state index in [1.54, 1.807) is 0 Å². The molecule has 2 aliphatic carbocycles. The highest BCUT2D eigenvalue weighted by molar-refractivity contribution is 5.00. The standard InChI is InChI=1S/C33H56O20/c34-8-18-21(39)24(42)27(45)31(50-18)47-13-5-15(38)14-7-17(29(48-16(14)6-13)11-1-3-12(37)4-2-11)49-33-30(26(44)23(41)20(10-36)52-33)53-32-28(46)25(43)22(40)19(9-35)51-32/h11-46H,1-10H2. The second-order valence-corrected chi connectivity index (χ2v) is 15.3. The van der Waals surface area contributed by atoms with Crippen LogP contribution in [0.25, 0.3) is 0 Å². The average molecular weight is 773 g/mol. The molecule has 0 aromatic carbocycles. The molecule has 21 atom stereocenters. The number of hydrogen-bond donors (Lipinski definition) is 13. The minimum absolute atomic E-state index is 0.0484. The second kappa shape index (κ2) is 17.8. The highest BCUT2D eigenvalue weighted by Gasteiger charge is 2.55. The summed E-state index contributed by atoms with van der Waals surface area (Å²) in [6.45, 7) is -2.12. The maximum absolute atomic E-state index is 11.4. The molecule has 4 saturated heterocycles. The molecule has 0 spiro atoms. The van der Waals surface area contributed by atoms with Crippen LogP contribution in [-0.4, -0.2) is 215 Å². The van der Waals surface area contributed by atoms with Crippen molar-refractivity contribution in [3.05, 3.63) is 0 Å². The molecule has 53 heavy (non-hydrogen) atoms. The van der Waals surface area contributed by atoms with E-state index in [2.05, 4.69) is 0 Å². The predicted molar refractivity (Wildman–Crippen MR) is 170 cm³/mol. The first-order chi connectivity index (χ1) is 25.3. The zero-order chi connectivity index (χ0) is 38.3. The summed E-state index contributed by atoms with van der Waals surface area (Å²) >= 11 is 0. The summed E-state index contributed by atoms with van der Waals surface area (Å²) in [4.78, 5) is 0. The zero-order valence-corrected chi connectivity index (χ0v) is 29.0. The third kappa shape index (κ3) is 8.72. The molecule has 6 aliphatic rings. The zero-order valence-electron chi connectivity index (χ0n) is 29.0. The molecule has 6 fully saturated rings. The molecule has 2 saturated carbocycles. The number of aliphatic hydroxyl groups is 13. The van der Waals surface area contributed by atoms with E-state index in [0.29, 0.717) is 25.7 Å². The van der Waals surface area contributed by atoms with Crippen LogP contribution < -0.4 is 0 Å². The van der Waals surface area contributed by atoms with Crippen LogP contribution in [-0.2, 0) is 33.2 Å². The first kappa shape index (κ1) is 41.8. The van der Waals surface area contributed by atoms with Crippen molar-refractivity contribution >= 4 is 0 Å². The van der Waals surface area contributed by atoms with Crippen molar-refractivity contribution < 1.29 is 99.5 Å². The van der Waals surface area contributed by atoms with E-state index in [0.717, 1.165) is 0 Å². The van der Waals surface area contributed by atoms with Gasteiger partial charge in [0.2, 0.25) is 0 Å². The normalized spacial score (nSPS) is 53.9. The van der Waals surface area contributed by atoms with Gasteiger partial charge in [0.15, 0.2) is 18.9 Å². The van der Waals surface area contributed by atoms with Gasteiger partial charge in [-0.2, -0.15) is 0 Å². The minimum Gasteiger partial charge on any atom is -0.394 e. The topological polar surface area (TPSA) is 328 Å². The van der Waals surface area contributed by atoms with Crippen LogP contribution in [0.15, 0.2) is 0 Å². The fourth-order valence-electron chi connectivity index (χ4n) is 8.66. The molecule has 20 nitrogen and oxygen atoms in total. The van der Waals surface area contributed by atoms with Gasteiger partial charge in [0.05, 0.1) is 56.4 Å². The van der Waals surface area contributed by atoms with E-state index < -0.39 is 154 Å². The van der Waals surface area contributed by atoms with E-state index in [4.69, 9.17) is 33.2 Å². The van der Waals surface area contributed by atoms with Crippen LogP contribution in [0.4, 0.5) is 0 Å². The van der Waals surface area contributed by atoms with Crippen LogP contribution in [0.3, 0.4) is 0 Å². The smallest absolute Gasteiger partial charge is 0.187 e. The van der Waals surface area contributed by atoms with E-state index in [-0.39, 0.29) is 25.2 Å². The lowest BCUT2D eigenvalue weighted by molar-refractivity contribution is -0.379. The van der Waals surface area contributed by atoms with Crippen LogP contribution in [0.2, 0.25) is 0 Å². The maximum atomic E-state index is 11.4. The summed E-state index contributed by atoms with van der Waals surface area (Å²) in [6, 6.07) is 0. The lowest BCUT2D eigenvalue weighted by Crippen LogP contribution is -2.65. The maximum Gasteiger partial charge on any atom is 0.187 e. The molecule has 0 bridgehead atoms. The number of ether oxygens (including phenoxy) is 7. The van der Waals surface area contributed by atoms with Crippen molar-refractivity contribution in [3.63, 3.8) is 0 Å². The van der Waals surface area contributed by atoms with Gasteiger partial charge in [-0.25, -0.2) is 0 Å². The molecular weight excluding hydrogens is 716 g/mol. The number of rotatable bonds is 10. The molecule has 308 valence electrons. The van der Waals surface area contributed by atoms with Gasteiger partial charge in [0.1, 0.15) is 73.2 Å². The highest BCUT2D eigenvalue weighted by Crippen LogP contribution is 2.44. The Hall–Kier alpha value is -0.800. The van der Waals surface area contributed by atoms with Gasteiger partial charge in [0, 0.05) is 18.8 Å². The number of hydrogen-bond acceptors (Lipinski definition) is 20. The summed E-state index contributed by atoms with van der Waals surface area (Å²) in [5.41, 5.74) is 0. The van der Waals surface area contributed by atoms with E-state index >= 15 is 0 Å². The third-order valence-electron chi connectivity index (χ3n) is 11.8. The quantitative estimate of drug-likeness (QED) is 0.0982. The van der Waals surface area contributed by atoms with Gasteiger partial charge in [-0.3, -0.25) is 0 Å². The van der Waals surface area contributed by atoms with Crippen molar-refractivity contribution in [1.82, 2.24) is 0 Å². The Balaban J connectivity index is 1.21. The van der Waals surface area contributed by atoms with Gasteiger partial charge >= 0.3 is 0 Å². The Morgan fingerprint density at radius 1 is 0.472 bits per heavy atom. The van der Waals surface area contributed by atoms with Crippen LogP contribution >= 0.6 is 0 Å². The summed E-state index contributed by atoms with van der Waals surface area (Å²) in [7, 11) is 0. The largest absolute Gasteiger partial charge is 0.394 e. The first-order valence-corrected chi connectivity index (χ1v) is 18.5. The SMILES string of the molecule is OCC1OC(OC2CC(O)C3CC(OC4OC(CO)C(O)C(O)C4OC4OC(CO)C(O)C(O)C4O)C(C4CCC(O)CC4)OC3C2)C(O)C(O)C1O. The summed E-state index contributed by atoms with van der Waals surface area (Å²) in [5, 5.41) is 135. The monoisotopic (exact) mass is 772 g/mol. The lowest BCUT2D eigenvalue weighted by atomic mass is 9.73. The van der Waals surface area contributed by atoms with Crippen molar-refractivity contribution in [2.75, 3.05) is 19.8 Å². The molecular formula is C33H56O20. The Morgan fingerprint density at radius 2 is 0.981 bits per heavy atom. The Morgan fingerprint density at radius 3 is 1.53 bits per heavy atom. The van der Waals surface area contributed by atoms with Crippen LogP contribution in [0.5, 0.6) is 0 Å². The van der Waals surface area contributed by atoms with Crippen molar-refractivity contribution in [2.45, 2.75) is 174 Å². The van der Waals surface area contributed by atoms with E-state index in [1.807, 2.05) is 0 Å². The lowest BCUT2D eigenvalue weighted by Gasteiger charge is -2.52. The van der Waals surface area contributed by atoms with Gasteiger partial charge < -0.3 is 99.5 Å². The molecule has 0 radical (unpaired) electrons. The van der Waals surface area contributed by atoms with Crippen LogP contribution in [0, 0.1) is 11.8 Å². The third-order valence-corrected chi connectivity index (χ3v) is 11.8. The number of fused-ring (bicyclic) bond motifs is 1. The molecule has 6 rings (SSSR count). The summed E-state index contributed by atoms with van der Waals surface area (Å²) in [6.07, 6.45) is -25.8. The molecule has 13 N–H and O–H groups in total. The Kier molecular flexibility index (Phi) is 14.0. The second-order valence-electron chi connectivity index (χ2n) is 15.3. The molecule has 0 aromatic rings. The minimum atomic E-state index is -1.86. The van der Waals surface area contributed by atoms with Crippen molar-refractivity contribution in [3.8, 4) is 0 Å². The summed E-state index contributed by atoms with van der Waals surface area (Å²) in [5.74, 6) is -0.705. The molecule has 20 heteroatoms. The number of aliphatic hydroxyl groups excluding tert-OH is 13. The van der Waals surface area contributed by atoms with Crippen LogP contribution in [0.1, 0.15) is 44.9 Å². The van der Waals surface area contributed by atoms with Gasteiger partial charge in [-0.1, -0.05) is 0 Å². The predicted octanol–water partition coefficient (Wildman–Crippen LogP) is -6.34. The van der Waals surface area contributed by atoms with E-state index in [9.17, 15) is 66.4 Å².